The third-order valence-electron chi connectivity index (χ3n) is 3.77. The number of aryl methyl sites for hydroxylation is 1. The van der Waals surface area contributed by atoms with Crippen molar-refractivity contribution < 1.29 is 13.9 Å². The van der Waals surface area contributed by atoms with Crippen LogP contribution in [0.2, 0.25) is 0 Å². The zero-order chi connectivity index (χ0) is 17.1. The number of ether oxygens (including phenoxy) is 1. The molecule has 6 heteroatoms. The Balaban J connectivity index is 1.90. The number of rotatable bonds is 5. The van der Waals surface area contributed by atoms with Gasteiger partial charge in [0.25, 0.3) is 0 Å². The predicted octanol–water partition coefficient (Wildman–Crippen LogP) is 4.27. The topological polar surface area (TPSA) is 44.1 Å². The van der Waals surface area contributed by atoms with Gasteiger partial charge in [0.1, 0.15) is 5.82 Å². The number of aromatic nitrogens is 2. The van der Waals surface area contributed by atoms with Gasteiger partial charge in [-0.05, 0) is 36.8 Å². The van der Waals surface area contributed by atoms with E-state index in [0.29, 0.717) is 5.75 Å². The van der Waals surface area contributed by atoms with Crippen LogP contribution in [-0.4, -0.2) is 22.6 Å². The van der Waals surface area contributed by atoms with E-state index in [2.05, 4.69) is 16.5 Å². The van der Waals surface area contributed by atoms with Crippen molar-refractivity contribution in [3.05, 3.63) is 59.4 Å². The number of methoxy groups -OCH3 is 1. The number of esters is 1. The molecule has 0 spiro atoms. The van der Waals surface area contributed by atoms with Crippen molar-refractivity contribution in [3.63, 3.8) is 0 Å². The van der Waals surface area contributed by atoms with Crippen LogP contribution in [0, 0.1) is 5.82 Å². The molecule has 1 aromatic heterocycles. The Hall–Kier alpha value is -2.34. The fraction of sp³-hybridized carbons (Fsp3) is 0.222. The standard InChI is InChI=1S/C18H17FN2O2S/c1-3-21-16-7-5-4-6-15(16)20-18(21)24-11-12-8-9-13(19)10-14(12)17(22)23-2/h4-10H,3,11H2,1-2H3. The van der Waals surface area contributed by atoms with E-state index in [4.69, 9.17) is 4.74 Å². The van der Waals surface area contributed by atoms with Crippen molar-refractivity contribution in [2.75, 3.05) is 7.11 Å². The average molecular weight is 344 g/mol. The lowest BCUT2D eigenvalue weighted by Gasteiger charge is -2.09. The molecule has 0 aliphatic rings. The Kier molecular flexibility index (Phi) is 4.85. The van der Waals surface area contributed by atoms with Gasteiger partial charge in [-0.15, -0.1) is 0 Å². The van der Waals surface area contributed by atoms with Gasteiger partial charge >= 0.3 is 5.97 Å². The Labute approximate surface area is 143 Å². The van der Waals surface area contributed by atoms with Crippen LogP contribution in [0.5, 0.6) is 0 Å². The second-order valence-electron chi connectivity index (χ2n) is 5.21. The van der Waals surface area contributed by atoms with Crippen LogP contribution in [0.1, 0.15) is 22.8 Å². The number of nitrogens with zero attached hydrogens (tertiary/aromatic N) is 2. The number of fused-ring (bicyclic) bond motifs is 1. The molecule has 0 aliphatic heterocycles. The van der Waals surface area contributed by atoms with E-state index in [1.165, 1.54) is 31.0 Å². The van der Waals surface area contributed by atoms with E-state index in [-0.39, 0.29) is 5.56 Å². The molecule has 0 N–H and O–H groups in total. The Morgan fingerprint density at radius 1 is 1.29 bits per heavy atom. The molecule has 0 unspecified atom stereocenters. The fourth-order valence-corrected chi connectivity index (χ4v) is 3.67. The number of carbonyl (C=O) groups excluding carboxylic acids is 1. The summed E-state index contributed by atoms with van der Waals surface area (Å²) in [6.07, 6.45) is 0. The smallest absolute Gasteiger partial charge is 0.338 e. The van der Waals surface area contributed by atoms with E-state index in [9.17, 15) is 9.18 Å². The minimum Gasteiger partial charge on any atom is -0.465 e. The van der Waals surface area contributed by atoms with E-state index in [1.54, 1.807) is 6.07 Å². The first-order valence-electron chi connectivity index (χ1n) is 7.58. The molecule has 0 fully saturated rings. The Morgan fingerprint density at radius 3 is 2.83 bits per heavy atom. The second kappa shape index (κ2) is 7.05. The maximum Gasteiger partial charge on any atom is 0.338 e. The summed E-state index contributed by atoms with van der Waals surface area (Å²) in [6, 6.07) is 12.1. The van der Waals surface area contributed by atoms with Crippen molar-refractivity contribution in [1.82, 2.24) is 9.55 Å². The van der Waals surface area contributed by atoms with E-state index >= 15 is 0 Å². The summed E-state index contributed by atoms with van der Waals surface area (Å²) in [5.41, 5.74) is 3.00. The van der Waals surface area contributed by atoms with Crippen molar-refractivity contribution in [1.29, 1.82) is 0 Å². The van der Waals surface area contributed by atoms with Crippen LogP contribution >= 0.6 is 11.8 Å². The van der Waals surface area contributed by atoms with Gasteiger partial charge in [0, 0.05) is 12.3 Å². The number of thioether (sulfide) groups is 1. The Bertz CT molecular complexity index is 892. The van der Waals surface area contributed by atoms with Gasteiger partial charge < -0.3 is 9.30 Å². The van der Waals surface area contributed by atoms with Crippen LogP contribution in [-0.2, 0) is 17.0 Å². The lowest BCUT2D eigenvalue weighted by molar-refractivity contribution is 0.0599. The number of halogens is 1. The number of hydrogen-bond donors (Lipinski definition) is 0. The van der Waals surface area contributed by atoms with Crippen LogP contribution in [0.4, 0.5) is 4.39 Å². The number of imidazole rings is 1. The molecule has 3 rings (SSSR count). The quantitative estimate of drug-likeness (QED) is 0.512. The van der Waals surface area contributed by atoms with E-state index in [1.807, 2.05) is 24.3 Å². The average Bonchev–Trinajstić information content (AvgIpc) is 2.97. The van der Waals surface area contributed by atoms with Crippen LogP contribution in [0.15, 0.2) is 47.6 Å². The number of carbonyl (C=O) groups is 1. The molecule has 0 saturated heterocycles. The number of para-hydroxylation sites is 2. The first-order chi connectivity index (χ1) is 11.6. The molecule has 0 aliphatic carbocycles. The Morgan fingerprint density at radius 2 is 2.08 bits per heavy atom. The first-order valence-corrected chi connectivity index (χ1v) is 8.57. The zero-order valence-corrected chi connectivity index (χ0v) is 14.3. The van der Waals surface area contributed by atoms with Gasteiger partial charge in [0.05, 0.1) is 23.7 Å². The molecule has 0 atom stereocenters. The molecular weight excluding hydrogens is 327 g/mol. The summed E-state index contributed by atoms with van der Waals surface area (Å²) < 4.78 is 20.3. The molecular formula is C18H17FN2O2S. The molecule has 124 valence electrons. The van der Waals surface area contributed by atoms with Crippen molar-refractivity contribution in [2.24, 2.45) is 0 Å². The summed E-state index contributed by atoms with van der Waals surface area (Å²) in [5.74, 6) is -0.479. The van der Waals surface area contributed by atoms with E-state index < -0.39 is 11.8 Å². The molecule has 0 radical (unpaired) electrons. The van der Waals surface area contributed by atoms with Gasteiger partial charge in [-0.25, -0.2) is 14.2 Å². The molecule has 1 heterocycles. The zero-order valence-electron chi connectivity index (χ0n) is 13.5. The van der Waals surface area contributed by atoms with Crippen molar-refractivity contribution >= 4 is 28.8 Å². The lowest BCUT2D eigenvalue weighted by Crippen LogP contribution is -2.06. The third-order valence-corrected chi connectivity index (χ3v) is 4.79. The largest absolute Gasteiger partial charge is 0.465 e. The maximum atomic E-state index is 13.4. The molecule has 0 bridgehead atoms. The van der Waals surface area contributed by atoms with Crippen molar-refractivity contribution in [2.45, 2.75) is 24.4 Å². The second-order valence-corrected chi connectivity index (χ2v) is 6.15. The summed E-state index contributed by atoms with van der Waals surface area (Å²) in [5, 5.41) is 0.874. The first kappa shape index (κ1) is 16.5. The van der Waals surface area contributed by atoms with Gasteiger partial charge in [0.2, 0.25) is 0 Å². The van der Waals surface area contributed by atoms with Gasteiger partial charge in [-0.1, -0.05) is 30.0 Å². The fourth-order valence-electron chi connectivity index (χ4n) is 2.59. The van der Waals surface area contributed by atoms with Crippen LogP contribution < -0.4 is 0 Å². The van der Waals surface area contributed by atoms with Crippen molar-refractivity contribution in [3.8, 4) is 0 Å². The maximum absolute atomic E-state index is 13.4. The molecule has 2 aromatic carbocycles. The number of hydrogen-bond acceptors (Lipinski definition) is 4. The van der Waals surface area contributed by atoms with Gasteiger partial charge in [-0.3, -0.25) is 0 Å². The summed E-state index contributed by atoms with van der Waals surface area (Å²) in [6.45, 7) is 2.87. The predicted molar refractivity (Wildman–Crippen MR) is 92.7 cm³/mol. The van der Waals surface area contributed by atoms with Gasteiger partial charge in [-0.2, -0.15) is 0 Å². The minimum atomic E-state index is -0.533. The van der Waals surface area contributed by atoms with Gasteiger partial charge in [0.15, 0.2) is 5.16 Å². The highest BCUT2D eigenvalue weighted by molar-refractivity contribution is 7.98. The SMILES string of the molecule is CCn1c(SCc2ccc(F)cc2C(=O)OC)nc2ccccc21. The minimum absolute atomic E-state index is 0.254. The third kappa shape index (κ3) is 3.14. The molecule has 4 nitrogen and oxygen atoms in total. The summed E-state index contributed by atoms with van der Waals surface area (Å²) in [7, 11) is 1.29. The van der Waals surface area contributed by atoms with E-state index in [0.717, 1.165) is 28.3 Å². The molecule has 0 saturated carbocycles. The molecule has 24 heavy (non-hydrogen) atoms. The molecule has 3 aromatic rings. The summed E-state index contributed by atoms with van der Waals surface area (Å²) >= 11 is 1.52. The highest BCUT2D eigenvalue weighted by atomic mass is 32.2. The highest BCUT2D eigenvalue weighted by Gasteiger charge is 2.15. The molecule has 0 amide bonds. The van der Waals surface area contributed by atoms with Crippen LogP contribution in [0.25, 0.3) is 11.0 Å². The lowest BCUT2D eigenvalue weighted by atomic mass is 10.1. The number of benzene rings is 2. The monoisotopic (exact) mass is 344 g/mol. The summed E-state index contributed by atoms with van der Waals surface area (Å²) in [4.78, 5) is 16.5. The highest BCUT2D eigenvalue weighted by Crippen LogP contribution is 2.28. The van der Waals surface area contributed by atoms with Crippen LogP contribution in [0.3, 0.4) is 0 Å². The normalized spacial score (nSPS) is 11.0.